The summed E-state index contributed by atoms with van der Waals surface area (Å²) in [5.41, 5.74) is 2.72. The number of amides is 1. The maximum absolute atomic E-state index is 12.9. The fourth-order valence-corrected chi connectivity index (χ4v) is 4.70. The van der Waals surface area contributed by atoms with Crippen LogP contribution in [0.25, 0.3) is 0 Å². The van der Waals surface area contributed by atoms with E-state index in [0.717, 1.165) is 21.8 Å². The number of rotatable bonds is 10. The van der Waals surface area contributed by atoms with Crippen LogP contribution in [0.3, 0.4) is 0 Å². The number of aliphatic hydroxyl groups is 1. The van der Waals surface area contributed by atoms with Crippen LogP contribution in [0.5, 0.6) is 0 Å². The molecular weight excluding hydrogens is 522 g/mol. The lowest BCUT2D eigenvalue weighted by molar-refractivity contribution is 0.0147. The molecule has 0 aliphatic carbocycles. The summed E-state index contributed by atoms with van der Waals surface area (Å²) in [5, 5.41) is 11.3. The predicted octanol–water partition coefficient (Wildman–Crippen LogP) is 6.93. The van der Waals surface area contributed by atoms with Crippen molar-refractivity contribution in [2.75, 3.05) is 20.2 Å². The first-order chi connectivity index (χ1) is 18.0. The van der Waals surface area contributed by atoms with Crippen LogP contribution < -0.4 is 0 Å². The molecule has 0 saturated carbocycles. The number of nitrogens with zero attached hydrogens (tertiary/aromatic N) is 1. The second-order valence-corrected chi connectivity index (χ2v) is 11.4. The molecule has 202 valence electrons. The van der Waals surface area contributed by atoms with Gasteiger partial charge in [0.05, 0.1) is 25.3 Å². The van der Waals surface area contributed by atoms with Gasteiger partial charge in [0.1, 0.15) is 5.60 Å². The summed E-state index contributed by atoms with van der Waals surface area (Å²) in [6, 6.07) is 22.6. The average molecular weight is 556 g/mol. The monoisotopic (exact) mass is 555 g/mol. The Labute approximate surface area is 233 Å². The number of ether oxygens (including phenoxy) is 2. The molecule has 6 nitrogen and oxygen atoms in total. The average Bonchev–Trinajstić information content (AvgIpc) is 2.89. The first kappa shape index (κ1) is 29.6. The number of hydrogen-bond acceptors (Lipinski definition) is 6. The molecule has 1 atom stereocenters. The molecule has 3 aromatic rings. The highest BCUT2D eigenvalue weighted by molar-refractivity contribution is 7.98. The van der Waals surface area contributed by atoms with Gasteiger partial charge >= 0.3 is 12.1 Å². The molecule has 0 heterocycles. The standard InChI is InChI=1S/C30H34ClNO5S/c1-30(2,3)37-29(35)32(19-27(33)24-6-5-7-25(31)18-24)17-16-21-10-14-26(15-11-21)38-20-22-8-12-23(13-9-22)28(34)36-4/h5-15,18,27,33H,16-17,19-20H2,1-4H3/t27-/m1/s1. The van der Waals surface area contributed by atoms with E-state index >= 15 is 0 Å². The molecule has 0 bridgehead atoms. The van der Waals surface area contributed by atoms with Gasteiger partial charge in [0.2, 0.25) is 0 Å². The zero-order valence-corrected chi connectivity index (χ0v) is 23.7. The van der Waals surface area contributed by atoms with Gasteiger partial charge in [0.25, 0.3) is 0 Å². The lowest BCUT2D eigenvalue weighted by Crippen LogP contribution is -2.40. The number of aliphatic hydroxyl groups excluding tert-OH is 1. The van der Waals surface area contributed by atoms with Crippen LogP contribution in [0.2, 0.25) is 5.02 Å². The van der Waals surface area contributed by atoms with Crippen molar-refractivity contribution >= 4 is 35.4 Å². The fourth-order valence-electron chi connectivity index (χ4n) is 3.65. The second-order valence-electron chi connectivity index (χ2n) is 9.87. The van der Waals surface area contributed by atoms with Crippen LogP contribution in [-0.2, 0) is 21.6 Å². The molecule has 0 unspecified atom stereocenters. The van der Waals surface area contributed by atoms with Gasteiger partial charge in [-0.1, -0.05) is 48.0 Å². The highest BCUT2D eigenvalue weighted by Crippen LogP contribution is 2.24. The van der Waals surface area contributed by atoms with Crippen molar-refractivity contribution in [3.63, 3.8) is 0 Å². The molecule has 3 rings (SSSR count). The fraction of sp³-hybridized carbons (Fsp3) is 0.333. The highest BCUT2D eigenvalue weighted by atomic mass is 35.5. The maximum Gasteiger partial charge on any atom is 0.410 e. The van der Waals surface area contributed by atoms with Crippen molar-refractivity contribution in [1.29, 1.82) is 0 Å². The number of benzene rings is 3. The third-order valence-corrected chi connectivity index (χ3v) is 6.97. The molecule has 0 spiro atoms. The zero-order chi connectivity index (χ0) is 27.7. The third-order valence-electron chi connectivity index (χ3n) is 5.65. The van der Waals surface area contributed by atoms with Crippen LogP contribution >= 0.6 is 23.4 Å². The van der Waals surface area contributed by atoms with Crippen molar-refractivity contribution in [1.82, 2.24) is 4.90 Å². The Morgan fingerprint density at radius 2 is 1.66 bits per heavy atom. The molecular formula is C30H34ClNO5S. The van der Waals surface area contributed by atoms with E-state index in [2.05, 4.69) is 12.1 Å². The topological polar surface area (TPSA) is 76.1 Å². The molecule has 3 aromatic carbocycles. The first-order valence-corrected chi connectivity index (χ1v) is 13.7. The van der Waals surface area contributed by atoms with Crippen molar-refractivity contribution in [3.8, 4) is 0 Å². The number of methoxy groups -OCH3 is 1. The van der Waals surface area contributed by atoms with Gasteiger partial charge in [-0.05, 0) is 80.3 Å². The van der Waals surface area contributed by atoms with E-state index in [1.165, 1.54) is 12.0 Å². The van der Waals surface area contributed by atoms with Gasteiger partial charge in [-0.3, -0.25) is 0 Å². The summed E-state index contributed by atoms with van der Waals surface area (Å²) >= 11 is 7.77. The van der Waals surface area contributed by atoms with Crippen molar-refractivity contribution < 1.29 is 24.2 Å². The van der Waals surface area contributed by atoms with Crippen LogP contribution in [-0.4, -0.2) is 47.9 Å². The number of thioether (sulfide) groups is 1. The summed E-state index contributed by atoms with van der Waals surface area (Å²) in [6.45, 7) is 5.95. The molecule has 0 aliphatic heterocycles. The van der Waals surface area contributed by atoms with Gasteiger partial charge in [-0.15, -0.1) is 11.8 Å². The predicted molar refractivity (Wildman–Crippen MR) is 152 cm³/mol. The van der Waals surface area contributed by atoms with E-state index in [1.807, 2.05) is 45.0 Å². The van der Waals surface area contributed by atoms with E-state index in [4.69, 9.17) is 21.1 Å². The van der Waals surface area contributed by atoms with Crippen LogP contribution in [0.1, 0.15) is 53.9 Å². The summed E-state index contributed by atoms with van der Waals surface area (Å²) in [4.78, 5) is 27.1. The quantitative estimate of drug-likeness (QED) is 0.216. The number of carbonyl (C=O) groups is 2. The molecule has 0 aliphatic rings. The SMILES string of the molecule is COC(=O)c1ccc(CSc2ccc(CCN(C[C@@H](O)c3cccc(Cl)c3)C(=O)OC(C)(C)C)cc2)cc1. The minimum Gasteiger partial charge on any atom is -0.465 e. The van der Waals surface area contributed by atoms with Crippen molar-refractivity contribution in [3.05, 3.63) is 100 Å². The molecule has 0 radical (unpaired) electrons. The van der Waals surface area contributed by atoms with Gasteiger partial charge in [-0.2, -0.15) is 0 Å². The van der Waals surface area contributed by atoms with E-state index in [9.17, 15) is 14.7 Å². The van der Waals surface area contributed by atoms with Gasteiger partial charge in [0, 0.05) is 22.2 Å². The largest absolute Gasteiger partial charge is 0.465 e. The Bertz CT molecular complexity index is 1210. The van der Waals surface area contributed by atoms with E-state index in [0.29, 0.717) is 29.1 Å². The molecule has 0 aromatic heterocycles. The van der Waals surface area contributed by atoms with E-state index < -0.39 is 17.8 Å². The van der Waals surface area contributed by atoms with Gasteiger partial charge in [0.15, 0.2) is 0 Å². The Hall–Kier alpha value is -3.00. The maximum atomic E-state index is 12.9. The van der Waals surface area contributed by atoms with E-state index in [1.54, 1.807) is 48.2 Å². The lowest BCUT2D eigenvalue weighted by Gasteiger charge is -2.29. The Balaban J connectivity index is 1.59. The highest BCUT2D eigenvalue weighted by Gasteiger charge is 2.24. The lowest BCUT2D eigenvalue weighted by atomic mass is 10.1. The molecule has 8 heteroatoms. The Morgan fingerprint density at radius 3 is 2.26 bits per heavy atom. The summed E-state index contributed by atoms with van der Waals surface area (Å²) < 4.78 is 10.3. The Kier molecular flexibility index (Phi) is 10.6. The number of carbonyl (C=O) groups excluding carboxylic acids is 2. The molecule has 0 saturated heterocycles. The van der Waals surface area contributed by atoms with Crippen LogP contribution in [0.4, 0.5) is 4.79 Å². The van der Waals surface area contributed by atoms with Crippen molar-refractivity contribution in [2.45, 2.75) is 49.5 Å². The summed E-state index contributed by atoms with van der Waals surface area (Å²) in [5.74, 6) is 0.429. The Morgan fingerprint density at radius 1 is 1.00 bits per heavy atom. The number of hydrogen-bond donors (Lipinski definition) is 1. The smallest absolute Gasteiger partial charge is 0.410 e. The van der Waals surface area contributed by atoms with Crippen LogP contribution in [0, 0.1) is 0 Å². The van der Waals surface area contributed by atoms with Crippen LogP contribution in [0.15, 0.2) is 77.7 Å². The first-order valence-electron chi connectivity index (χ1n) is 12.3. The van der Waals surface area contributed by atoms with Crippen molar-refractivity contribution in [2.24, 2.45) is 0 Å². The molecule has 38 heavy (non-hydrogen) atoms. The van der Waals surface area contributed by atoms with Gasteiger partial charge in [-0.25, -0.2) is 9.59 Å². The number of esters is 1. The zero-order valence-electron chi connectivity index (χ0n) is 22.1. The molecule has 0 fully saturated rings. The summed E-state index contributed by atoms with van der Waals surface area (Å²) in [6.07, 6.45) is -0.743. The second kappa shape index (κ2) is 13.7. The normalized spacial score (nSPS) is 12.1. The summed E-state index contributed by atoms with van der Waals surface area (Å²) in [7, 11) is 1.37. The minimum atomic E-state index is -0.887. The molecule has 1 amide bonds. The third kappa shape index (κ3) is 9.39. The minimum absolute atomic E-state index is 0.0952. The van der Waals surface area contributed by atoms with Gasteiger partial charge < -0.3 is 19.5 Å². The molecule has 1 N–H and O–H groups in total. The van der Waals surface area contributed by atoms with E-state index in [-0.39, 0.29) is 12.5 Å². The number of halogens is 1.